The van der Waals surface area contributed by atoms with Crippen molar-refractivity contribution in [3.05, 3.63) is 42.1 Å². The van der Waals surface area contributed by atoms with Crippen LogP contribution in [0.3, 0.4) is 0 Å². The number of aromatic nitrogens is 4. The summed E-state index contributed by atoms with van der Waals surface area (Å²) in [6, 6.07) is 6.77. The van der Waals surface area contributed by atoms with Gasteiger partial charge in [-0.3, -0.25) is 4.79 Å². The topological polar surface area (TPSA) is 66.6 Å². The average molecular weight is 458 g/mol. The van der Waals surface area contributed by atoms with Gasteiger partial charge in [0.15, 0.2) is 0 Å². The van der Waals surface area contributed by atoms with Gasteiger partial charge in [-0.25, -0.2) is 4.98 Å². The lowest BCUT2D eigenvalue weighted by molar-refractivity contribution is -0.138. The molecule has 0 unspecified atom stereocenters. The fourth-order valence-corrected chi connectivity index (χ4v) is 4.73. The van der Waals surface area contributed by atoms with Crippen LogP contribution in [-0.4, -0.2) is 56.6 Å². The van der Waals surface area contributed by atoms with Gasteiger partial charge in [-0.15, -0.1) is 5.10 Å². The van der Waals surface area contributed by atoms with Crippen LogP contribution in [0.2, 0.25) is 0 Å². The van der Waals surface area contributed by atoms with Crippen LogP contribution < -0.4 is 4.90 Å². The van der Waals surface area contributed by atoms with E-state index in [1.165, 1.54) is 23.2 Å². The van der Waals surface area contributed by atoms with E-state index in [0.717, 1.165) is 37.8 Å². The van der Waals surface area contributed by atoms with Crippen molar-refractivity contribution < 1.29 is 18.0 Å². The molecule has 1 saturated heterocycles. The molecule has 174 valence electrons. The van der Waals surface area contributed by atoms with Gasteiger partial charge in [0.2, 0.25) is 11.9 Å². The van der Waals surface area contributed by atoms with E-state index in [1.807, 2.05) is 9.80 Å². The number of hydrogen-bond donors (Lipinski definition) is 0. The molecule has 0 spiro atoms. The summed E-state index contributed by atoms with van der Waals surface area (Å²) in [6.45, 7) is 2.43. The first-order chi connectivity index (χ1) is 15.9. The van der Waals surface area contributed by atoms with Crippen molar-refractivity contribution in [2.24, 2.45) is 5.92 Å². The van der Waals surface area contributed by atoms with Crippen LogP contribution in [0, 0.1) is 5.92 Å². The van der Waals surface area contributed by atoms with E-state index in [4.69, 9.17) is 0 Å². The van der Waals surface area contributed by atoms with Crippen LogP contribution in [0.4, 0.5) is 19.1 Å². The molecule has 2 aliphatic rings. The maximum atomic E-state index is 13.2. The van der Waals surface area contributed by atoms with E-state index < -0.39 is 11.7 Å². The maximum Gasteiger partial charge on any atom is 0.416 e. The number of fused-ring (bicyclic) bond motifs is 1. The third-order valence-corrected chi connectivity index (χ3v) is 6.54. The first-order valence-corrected chi connectivity index (χ1v) is 11.3. The second-order valence-electron chi connectivity index (χ2n) is 8.68. The SMILES string of the molecule is O=C(C1CCCCC1)N1CCN(c2nc3nccc(-c4cccc(C(F)(F)F)c4)n3n2)CC1. The second-order valence-corrected chi connectivity index (χ2v) is 8.68. The zero-order valence-electron chi connectivity index (χ0n) is 18.1. The summed E-state index contributed by atoms with van der Waals surface area (Å²) in [4.78, 5) is 25.5. The predicted octanol–water partition coefficient (Wildman–Crippen LogP) is 4.04. The Morgan fingerprint density at radius 3 is 2.48 bits per heavy atom. The van der Waals surface area contributed by atoms with Gasteiger partial charge >= 0.3 is 6.18 Å². The number of hydrogen-bond acceptors (Lipinski definition) is 5. The van der Waals surface area contributed by atoms with Crippen molar-refractivity contribution in [1.29, 1.82) is 0 Å². The second kappa shape index (κ2) is 8.64. The highest BCUT2D eigenvalue weighted by atomic mass is 19.4. The van der Waals surface area contributed by atoms with Crippen molar-refractivity contribution in [3.8, 4) is 11.3 Å². The molecule has 2 aromatic heterocycles. The minimum Gasteiger partial charge on any atom is -0.339 e. The predicted molar refractivity (Wildman–Crippen MR) is 117 cm³/mol. The monoisotopic (exact) mass is 458 g/mol. The first-order valence-electron chi connectivity index (χ1n) is 11.3. The minimum absolute atomic E-state index is 0.151. The maximum absolute atomic E-state index is 13.2. The van der Waals surface area contributed by atoms with Gasteiger partial charge in [-0.05, 0) is 31.0 Å². The largest absolute Gasteiger partial charge is 0.416 e. The van der Waals surface area contributed by atoms with Gasteiger partial charge < -0.3 is 9.80 Å². The molecule has 2 fully saturated rings. The molecule has 3 aromatic rings. The van der Waals surface area contributed by atoms with E-state index in [-0.39, 0.29) is 11.8 Å². The molecule has 0 bridgehead atoms. The zero-order chi connectivity index (χ0) is 23.0. The number of alkyl halides is 3. The highest BCUT2D eigenvalue weighted by Crippen LogP contribution is 2.32. The molecule has 1 aromatic carbocycles. The fourth-order valence-electron chi connectivity index (χ4n) is 4.73. The van der Waals surface area contributed by atoms with Crippen molar-refractivity contribution in [3.63, 3.8) is 0 Å². The number of amides is 1. The zero-order valence-corrected chi connectivity index (χ0v) is 18.1. The number of nitrogens with zero attached hydrogens (tertiary/aromatic N) is 6. The molecular weight excluding hydrogens is 433 g/mol. The Morgan fingerprint density at radius 1 is 1.00 bits per heavy atom. The molecule has 0 atom stereocenters. The molecule has 5 rings (SSSR count). The number of carbonyl (C=O) groups excluding carboxylic acids is 1. The van der Waals surface area contributed by atoms with Crippen LogP contribution in [0.1, 0.15) is 37.7 Å². The number of benzene rings is 1. The van der Waals surface area contributed by atoms with Gasteiger partial charge in [0, 0.05) is 43.9 Å². The highest BCUT2D eigenvalue weighted by Gasteiger charge is 2.31. The molecular formula is C23H25F3N6O. The quantitative estimate of drug-likeness (QED) is 0.593. The number of piperazine rings is 1. The van der Waals surface area contributed by atoms with Gasteiger partial charge in [0.25, 0.3) is 5.78 Å². The standard InChI is InChI=1S/C23H25F3N6O/c24-23(25,26)18-8-4-7-17(15-18)19-9-10-27-21-28-22(29-32(19)21)31-13-11-30(12-14-31)20(33)16-5-2-1-3-6-16/h4,7-10,15-16H,1-3,5-6,11-14H2. The molecule has 33 heavy (non-hydrogen) atoms. The third-order valence-electron chi connectivity index (χ3n) is 6.54. The van der Waals surface area contributed by atoms with Crippen LogP contribution in [-0.2, 0) is 11.0 Å². The Morgan fingerprint density at radius 2 is 1.76 bits per heavy atom. The Kier molecular flexibility index (Phi) is 5.67. The van der Waals surface area contributed by atoms with Crippen molar-refractivity contribution in [2.45, 2.75) is 38.3 Å². The fraction of sp³-hybridized carbons (Fsp3) is 0.478. The summed E-state index contributed by atoms with van der Waals surface area (Å²) in [5, 5.41) is 4.55. The van der Waals surface area contributed by atoms with Crippen LogP contribution in [0.15, 0.2) is 36.5 Å². The van der Waals surface area contributed by atoms with E-state index in [9.17, 15) is 18.0 Å². The molecule has 1 aliphatic heterocycles. The summed E-state index contributed by atoms with van der Waals surface area (Å²) < 4.78 is 41.0. The normalized spacial score (nSPS) is 18.2. The summed E-state index contributed by atoms with van der Waals surface area (Å²) in [5.41, 5.74) is 0.150. The Labute approximate surface area is 189 Å². The van der Waals surface area contributed by atoms with E-state index in [1.54, 1.807) is 12.1 Å². The first kappa shape index (κ1) is 21.7. The number of carbonyl (C=O) groups is 1. The Hall–Kier alpha value is -3.17. The number of anilines is 1. The van der Waals surface area contributed by atoms with Crippen LogP contribution in [0.5, 0.6) is 0 Å². The van der Waals surface area contributed by atoms with Crippen molar-refractivity contribution >= 4 is 17.6 Å². The molecule has 10 heteroatoms. The van der Waals surface area contributed by atoms with E-state index >= 15 is 0 Å². The molecule has 1 saturated carbocycles. The summed E-state index contributed by atoms with van der Waals surface area (Å²) in [5.74, 6) is 1.19. The van der Waals surface area contributed by atoms with Crippen molar-refractivity contribution in [1.82, 2.24) is 24.5 Å². The smallest absolute Gasteiger partial charge is 0.339 e. The number of halogens is 3. The highest BCUT2D eigenvalue weighted by molar-refractivity contribution is 5.79. The molecule has 1 amide bonds. The summed E-state index contributed by atoms with van der Waals surface area (Å²) in [6.07, 6.45) is 2.53. The molecule has 0 N–H and O–H groups in total. The summed E-state index contributed by atoms with van der Waals surface area (Å²) >= 11 is 0. The Balaban J connectivity index is 1.34. The van der Waals surface area contributed by atoms with Gasteiger partial charge in [-0.2, -0.15) is 22.7 Å². The van der Waals surface area contributed by atoms with Gasteiger partial charge in [-0.1, -0.05) is 31.4 Å². The minimum atomic E-state index is -4.43. The van der Waals surface area contributed by atoms with E-state index in [0.29, 0.717) is 49.2 Å². The lowest BCUT2D eigenvalue weighted by Crippen LogP contribution is -2.51. The summed E-state index contributed by atoms with van der Waals surface area (Å²) in [7, 11) is 0. The van der Waals surface area contributed by atoms with Crippen molar-refractivity contribution in [2.75, 3.05) is 31.1 Å². The van der Waals surface area contributed by atoms with E-state index in [2.05, 4.69) is 15.1 Å². The number of rotatable bonds is 3. The molecule has 7 nitrogen and oxygen atoms in total. The van der Waals surface area contributed by atoms with Gasteiger partial charge in [0.05, 0.1) is 11.3 Å². The molecule has 3 heterocycles. The lowest BCUT2D eigenvalue weighted by atomic mass is 9.88. The average Bonchev–Trinajstić information content (AvgIpc) is 3.28. The lowest BCUT2D eigenvalue weighted by Gasteiger charge is -2.36. The molecule has 0 radical (unpaired) electrons. The Bertz CT molecular complexity index is 1150. The van der Waals surface area contributed by atoms with Crippen LogP contribution >= 0.6 is 0 Å². The van der Waals surface area contributed by atoms with Gasteiger partial charge in [0.1, 0.15) is 0 Å². The third kappa shape index (κ3) is 4.38. The molecule has 1 aliphatic carbocycles. The van der Waals surface area contributed by atoms with Crippen LogP contribution in [0.25, 0.3) is 17.0 Å².